The van der Waals surface area contributed by atoms with Gasteiger partial charge >= 0.3 is 5.97 Å². The molecule has 18 heavy (non-hydrogen) atoms. The fraction of sp³-hybridized carbons (Fsp3) is 0.583. The third kappa shape index (κ3) is 4.62. The van der Waals surface area contributed by atoms with E-state index in [0.717, 1.165) is 13.0 Å². The van der Waals surface area contributed by atoms with Crippen LogP contribution in [0, 0.1) is 0 Å². The van der Waals surface area contributed by atoms with E-state index in [1.165, 1.54) is 7.11 Å². The van der Waals surface area contributed by atoms with Gasteiger partial charge in [0, 0.05) is 22.3 Å². The van der Waals surface area contributed by atoms with Gasteiger partial charge < -0.3 is 14.5 Å². The van der Waals surface area contributed by atoms with E-state index < -0.39 is 16.8 Å². The number of ether oxygens (including phenoxy) is 1. The number of furan rings is 1. The molecular formula is C12H19NO4S. The van der Waals surface area contributed by atoms with Gasteiger partial charge in [0.2, 0.25) is 5.76 Å². The SMILES string of the molecule is COC(=O)c1ccc(CNCCC(C)S(C)=O)o1. The Kier molecular flexibility index (Phi) is 6.07. The molecule has 1 N–H and O–H groups in total. The first-order valence-electron chi connectivity index (χ1n) is 5.74. The number of carbonyl (C=O) groups is 1. The minimum atomic E-state index is -0.786. The Morgan fingerprint density at radius 1 is 1.56 bits per heavy atom. The molecule has 0 saturated heterocycles. The molecule has 1 rings (SSSR count). The maximum absolute atomic E-state index is 11.2. The lowest BCUT2D eigenvalue weighted by Crippen LogP contribution is -2.20. The van der Waals surface area contributed by atoms with E-state index in [0.29, 0.717) is 12.3 Å². The van der Waals surface area contributed by atoms with E-state index in [1.54, 1.807) is 18.4 Å². The van der Waals surface area contributed by atoms with Crippen molar-refractivity contribution in [3.05, 3.63) is 23.7 Å². The summed E-state index contributed by atoms with van der Waals surface area (Å²) in [7, 11) is 0.528. The molecule has 0 aromatic carbocycles. The molecule has 2 atom stereocenters. The Bertz CT molecular complexity index is 416. The summed E-state index contributed by atoms with van der Waals surface area (Å²) in [5, 5.41) is 3.36. The van der Waals surface area contributed by atoms with Gasteiger partial charge in [-0.25, -0.2) is 4.79 Å². The van der Waals surface area contributed by atoms with Crippen LogP contribution in [0.4, 0.5) is 0 Å². The summed E-state index contributed by atoms with van der Waals surface area (Å²) >= 11 is 0. The van der Waals surface area contributed by atoms with E-state index in [1.807, 2.05) is 6.92 Å². The number of esters is 1. The van der Waals surface area contributed by atoms with E-state index in [2.05, 4.69) is 10.1 Å². The van der Waals surface area contributed by atoms with E-state index in [-0.39, 0.29) is 11.0 Å². The second-order valence-corrected chi connectivity index (χ2v) is 5.83. The summed E-state index contributed by atoms with van der Waals surface area (Å²) in [5.74, 6) is 0.411. The lowest BCUT2D eigenvalue weighted by Gasteiger charge is -2.08. The second kappa shape index (κ2) is 7.33. The normalized spacial score (nSPS) is 14.2. The molecule has 1 heterocycles. The molecule has 102 valence electrons. The van der Waals surface area contributed by atoms with Crippen LogP contribution in [0.2, 0.25) is 0 Å². The Morgan fingerprint density at radius 2 is 2.28 bits per heavy atom. The Morgan fingerprint density at radius 3 is 2.89 bits per heavy atom. The van der Waals surface area contributed by atoms with Crippen molar-refractivity contribution in [2.75, 3.05) is 19.9 Å². The Balaban J connectivity index is 2.29. The van der Waals surface area contributed by atoms with Gasteiger partial charge in [0.1, 0.15) is 5.76 Å². The molecule has 5 nitrogen and oxygen atoms in total. The molecule has 0 bridgehead atoms. The Hall–Kier alpha value is -1.14. The number of carbonyl (C=O) groups excluding carboxylic acids is 1. The topological polar surface area (TPSA) is 68.5 Å². The lowest BCUT2D eigenvalue weighted by atomic mass is 10.3. The zero-order valence-electron chi connectivity index (χ0n) is 10.9. The summed E-state index contributed by atoms with van der Waals surface area (Å²) in [6.45, 7) is 3.26. The summed E-state index contributed by atoms with van der Waals surface area (Å²) < 4.78 is 21.0. The van der Waals surface area contributed by atoms with E-state index >= 15 is 0 Å². The first kappa shape index (κ1) is 14.9. The van der Waals surface area contributed by atoms with Crippen LogP contribution in [0.15, 0.2) is 16.5 Å². The first-order valence-corrected chi connectivity index (χ1v) is 7.36. The monoisotopic (exact) mass is 273 g/mol. The Labute approximate surface area is 109 Å². The van der Waals surface area contributed by atoms with Gasteiger partial charge in [-0.05, 0) is 25.1 Å². The molecular weight excluding hydrogens is 254 g/mol. The predicted molar refractivity (Wildman–Crippen MR) is 69.9 cm³/mol. The third-order valence-electron chi connectivity index (χ3n) is 2.64. The standard InChI is InChI=1S/C12H19NO4S/c1-9(18(3)15)6-7-13-8-10-4-5-11(17-10)12(14)16-2/h4-5,9,13H,6-8H2,1-3H3. The average Bonchev–Trinajstić information content (AvgIpc) is 2.81. The zero-order valence-corrected chi connectivity index (χ0v) is 11.7. The van der Waals surface area contributed by atoms with E-state index in [9.17, 15) is 9.00 Å². The van der Waals surface area contributed by atoms with Gasteiger partial charge in [-0.1, -0.05) is 6.92 Å². The minimum absolute atomic E-state index is 0.180. The maximum Gasteiger partial charge on any atom is 0.373 e. The highest BCUT2D eigenvalue weighted by atomic mass is 32.2. The first-order chi connectivity index (χ1) is 8.54. The van der Waals surface area contributed by atoms with Crippen LogP contribution in [0.25, 0.3) is 0 Å². The van der Waals surface area contributed by atoms with Gasteiger partial charge in [0.25, 0.3) is 0 Å². The van der Waals surface area contributed by atoms with Gasteiger partial charge in [-0.2, -0.15) is 0 Å². The van der Waals surface area contributed by atoms with Crippen LogP contribution < -0.4 is 5.32 Å². The van der Waals surface area contributed by atoms with Crippen LogP contribution in [0.5, 0.6) is 0 Å². The van der Waals surface area contributed by atoms with Crippen molar-refractivity contribution in [1.29, 1.82) is 0 Å². The molecule has 0 aliphatic carbocycles. The second-order valence-electron chi connectivity index (χ2n) is 4.03. The molecule has 0 radical (unpaired) electrons. The van der Waals surface area contributed by atoms with Gasteiger partial charge in [0.05, 0.1) is 13.7 Å². The lowest BCUT2D eigenvalue weighted by molar-refractivity contribution is 0.0563. The number of methoxy groups -OCH3 is 1. The summed E-state index contributed by atoms with van der Waals surface area (Å²) in [4.78, 5) is 11.2. The van der Waals surface area contributed by atoms with Crippen molar-refractivity contribution in [2.45, 2.75) is 25.1 Å². The number of rotatable bonds is 7. The minimum Gasteiger partial charge on any atom is -0.463 e. The fourth-order valence-corrected chi connectivity index (χ4v) is 1.82. The molecule has 6 heteroatoms. The molecule has 1 aromatic rings. The molecule has 0 fully saturated rings. The fourth-order valence-electron chi connectivity index (χ4n) is 1.37. The van der Waals surface area contributed by atoms with Crippen molar-refractivity contribution in [2.24, 2.45) is 0 Å². The van der Waals surface area contributed by atoms with Crippen molar-refractivity contribution >= 4 is 16.8 Å². The van der Waals surface area contributed by atoms with Crippen molar-refractivity contribution in [3.8, 4) is 0 Å². The van der Waals surface area contributed by atoms with Crippen LogP contribution in [0.1, 0.15) is 29.7 Å². The molecule has 0 amide bonds. The molecule has 2 unspecified atom stereocenters. The molecule has 0 spiro atoms. The predicted octanol–water partition coefficient (Wildman–Crippen LogP) is 1.31. The molecule has 0 saturated carbocycles. The van der Waals surface area contributed by atoms with Gasteiger partial charge in [-0.15, -0.1) is 0 Å². The average molecular weight is 273 g/mol. The number of nitrogens with one attached hydrogen (secondary N) is 1. The quantitative estimate of drug-likeness (QED) is 0.599. The number of hydrogen-bond acceptors (Lipinski definition) is 5. The van der Waals surface area contributed by atoms with Crippen LogP contribution >= 0.6 is 0 Å². The highest BCUT2D eigenvalue weighted by Crippen LogP contribution is 2.08. The smallest absolute Gasteiger partial charge is 0.373 e. The van der Waals surface area contributed by atoms with Crippen LogP contribution in [-0.4, -0.2) is 35.3 Å². The van der Waals surface area contributed by atoms with Crippen molar-refractivity contribution in [3.63, 3.8) is 0 Å². The summed E-state index contributed by atoms with van der Waals surface area (Å²) in [6, 6.07) is 3.33. The summed E-state index contributed by atoms with van der Waals surface area (Å²) in [5.41, 5.74) is 0. The molecule has 0 aliphatic heterocycles. The summed E-state index contributed by atoms with van der Waals surface area (Å²) in [6.07, 6.45) is 2.55. The third-order valence-corrected chi connectivity index (χ3v) is 4.01. The van der Waals surface area contributed by atoms with Gasteiger partial charge in [-0.3, -0.25) is 4.21 Å². The zero-order chi connectivity index (χ0) is 13.5. The largest absolute Gasteiger partial charge is 0.463 e. The van der Waals surface area contributed by atoms with Crippen LogP contribution in [-0.2, 0) is 22.1 Å². The van der Waals surface area contributed by atoms with Gasteiger partial charge in [0.15, 0.2) is 0 Å². The van der Waals surface area contributed by atoms with E-state index in [4.69, 9.17) is 4.42 Å². The molecule has 0 aliphatic rings. The van der Waals surface area contributed by atoms with Crippen molar-refractivity contribution in [1.82, 2.24) is 5.32 Å². The number of hydrogen-bond donors (Lipinski definition) is 1. The highest BCUT2D eigenvalue weighted by molar-refractivity contribution is 7.84. The molecule has 1 aromatic heterocycles. The maximum atomic E-state index is 11.2. The van der Waals surface area contributed by atoms with Crippen LogP contribution in [0.3, 0.4) is 0 Å². The van der Waals surface area contributed by atoms with Crippen molar-refractivity contribution < 1.29 is 18.2 Å². The highest BCUT2D eigenvalue weighted by Gasteiger charge is 2.11.